The van der Waals surface area contributed by atoms with Crippen molar-refractivity contribution in [1.29, 1.82) is 0 Å². The van der Waals surface area contributed by atoms with E-state index in [1.807, 2.05) is 6.92 Å². The lowest BCUT2D eigenvalue weighted by Crippen LogP contribution is -2.09. The SMILES string of the molecule is Cc1ccc(S(=O)(=O)c2c([N+](=O)[O-])c(N)c(Br)c3ccccc23)cc1. The minimum absolute atomic E-state index is 0.0203. The fourth-order valence-electron chi connectivity index (χ4n) is 2.66. The summed E-state index contributed by atoms with van der Waals surface area (Å²) in [7, 11) is -4.14. The van der Waals surface area contributed by atoms with Crippen LogP contribution in [0, 0.1) is 17.0 Å². The molecule has 0 fully saturated rings. The summed E-state index contributed by atoms with van der Waals surface area (Å²) >= 11 is 3.24. The molecular weight excluding hydrogens is 408 g/mol. The maximum absolute atomic E-state index is 13.2. The summed E-state index contributed by atoms with van der Waals surface area (Å²) in [5, 5.41) is 12.4. The number of nitro groups is 1. The molecule has 0 saturated heterocycles. The molecule has 2 N–H and O–H groups in total. The molecule has 0 aliphatic heterocycles. The van der Waals surface area contributed by atoms with Gasteiger partial charge in [-0.25, -0.2) is 8.42 Å². The van der Waals surface area contributed by atoms with Gasteiger partial charge < -0.3 is 5.73 Å². The van der Waals surface area contributed by atoms with Crippen molar-refractivity contribution < 1.29 is 13.3 Å². The fourth-order valence-corrected chi connectivity index (χ4v) is 4.83. The number of benzene rings is 3. The van der Waals surface area contributed by atoms with Gasteiger partial charge in [0.25, 0.3) is 0 Å². The van der Waals surface area contributed by atoms with E-state index in [4.69, 9.17) is 5.73 Å². The van der Waals surface area contributed by atoms with Crippen molar-refractivity contribution in [3.05, 3.63) is 68.7 Å². The standard InChI is InChI=1S/C17H13BrN2O4S/c1-10-6-8-11(9-7-10)25(23,24)17-13-5-3-2-4-12(13)14(18)15(19)16(17)20(21)22/h2-9H,19H2,1H3. The topological polar surface area (TPSA) is 103 Å². The van der Waals surface area contributed by atoms with Crippen LogP contribution in [0.1, 0.15) is 5.56 Å². The van der Waals surface area contributed by atoms with Gasteiger partial charge in [-0.15, -0.1) is 0 Å². The van der Waals surface area contributed by atoms with Gasteiger partial charge in [-0.05, 0) is 40.4 Å². The zero-order valence-corrected chi connectivity index (χ0v) is 15.5. The normalized spacial score (nSPS) is 11.6. The van der Waals surface area contributed by atoms with Crippen molar-refractivity contribution >= 4 is 47.9 Å². The van der Waals surface area contributed by atoms with E-state index in [0.29, 0.717) is 9.86 Å². The van der Waals surface area contributed by atoms with E-state index >= 15 is 0 Å². The molecule has 25 heavy (non-hydrogen) atoms. The van der Waals surface area contributed by atoms with Gasteiger partial charge in [0.1, 0.15) is 5.69 Å². The second-order valence-electron chi connectivity index (χ2n) is 5.52. The molecule has 128 valence electrons. The number of nitrogens with zero attached hydrogens (tertiary/aromatic N) is 1. The molecule has 0 atom stereocenters. The average Bonchev–Trinajstić information content (AvgIpc) is 2.57. The summed E-state index contributed by atoms with van der Waals surface area (Å²) in [5.41, 5.74) is 5.95. The third kappa shape index (κ3) is 2.77. The van der Waals surface area contributed by atoms with Crippen LogP contribution in [0.5, 0.6) is 0 Å². The lowest BCUT2D eigenvalue weighted by Gasteiger charge is -2.13. The van der Waals surface area contributed by atoms with Crippen LogP contribution in [0.3, 0.4) is 0 Å². The predicted molar refractivity (Wildman–Crippen MR) is 99.3 cm³/mol. The fraction of sp³-hybridized carbons (Fsp3) is 0.0588. The number of rotatable bonds is 3. The Morgan fingerprint density at radius 1 is 1.04 bits per heavy atom. The van der Waals surface area contributed by atoms with Gasteiger partial charge in [-0.2, -0.15) is 0 Å². The van der Waals surface area contributed by atoms with Crippen LogP contribution in [-0.4, -0.2) is 13.3 Å². The molecule has 3 rings (SSSR count). The summed E-state index contributed by atoms with van der Waals surface area (Å²) in [5.74, 6) is 0. The van der Waals surface area contributed by atoms with Crippen LogP contribution in [0.2, 0.25) is 0 Å². The Bertz CT molecular complexity index is 1110. The number of sulfone groups is 1. The Kier molecular flexibility index (Phi) is 4.26. The number of halogens is 1. The Hall–Kier alpha value is -2.45. The van der Waals surface area contributed by atoms with Crippen molar-refractivity contribution in [2.24, 2.45) is 0 Å². The average molecular weight is 421 g/mol. The molecule has 3 aromatic carbocycles. The molecule has 6 nitrogen and oxygen atoms in total. The zero-order valence-electron chi connectivity index (χ0n) is 13.1. The number of fused-ring (bicyclic) bond motifs is 1. The molecule has 0 heterocycles. The minimum Gasteiger partial charge on any atom is -0.392 e. The van der Waals surface area contributed by atoms with E-state index in [1.165, 1.54) is 18.2 Å². The second-order valence-corrected chi connectivity index (χ2v) is 8.20. The van der Waals surface area contributed by atoms with Crippen molar-refractivity contribution in [3.63, 3.8) is 0 Å². The Balaban J connectivity index is 2.50. The van der Waals surface area contributed by atoms with Crippen molar-refractivity contribution in [2.75, 3.05) is 5.73 Å². The molecule has 0 radical (unpaired) electrons. The van der Waals surface area contributed by atoms with E-state index < -0.39 is 25.3 Å². The van der Waals surface area contributed by atoms with Crippen LogP contribution < -0.4 is 5.73 Å². The summed E-state index contributed by atoms with van der Waals surface area (Å²) in [6.45, 7) is 1.83. The van der Waals surface area contributed by atoms with Crippen LogP contribution in [0.25, 0.3) is 10.8 Å². The molecule has 0 saturated carbocycles. The Morgan fingerprint density at radius 2 is 1.60 bits per heavy atom. The van der Waals surface area contributed by atoms with Crippen LogP contribution >= 0.6 is 15.9 Å². The number of nitrogens with two attached hydrogens (primary N) is 1. The highest BCUT2D eigenvalue weighted by Crippen LogP contribution is 2.44. The van der Waals surface area contributed by atoms with Gasteiger partial charge in [0.15, 0.2) is 4.90 Å². The summed E-state index contributed by atoms with van der Waals surface area (Å²) < 4.78 is 26.6. The highest BCUT2D eigenvalue weighted by atomic mass is 79.9. The van der Waals surface area contributed by atoms with Gasteiger partial charge in [0, 0.05) is 5.39 Å². The molecule has 0 aliphatic rings. The molecule has 0 spiro atoms. The first-order valence-corrected chi connectivity index (χ1v) is 9.48. The quantitative estimate of drug-likeness (QED) is 0.387. The summed E-state index contributed by atoms with van der Waals surface area (Å²) in [6.07, 6.45) is 0. The maximum atomic E-state index is 13.2. The van der Waals surface area contributed by atoms with Crippen LogP contribution in [0.4, 0.5) is 11.4 Å². The number of hydrogen-bond donors (Lipinski definition) is 1. The van der Waals surface area contributed by atoms with Crippen LogP contribution in [0.15, 0.2) is 62.8 Å². The highest BCUT2D eigenvalue weighted by Gasteiger charge is 2.34. The predicted octanol–water partition coefficient (Wildman–Crippen LogP) is 4.23. The second kappa shape index (κ2) is 6.12. The molecule has 0 aliphatic carbocycles. The third-order valence-electron chi connectivity index (χ3n) is 3.90. The summed E-state index contributed by atoms with van der Waals surface area (Å²) in [6, 6.07) is 12.7. The van der Waals surface area contributed by atoms with Gasteiger partial charge in [-0.3, -0.25) is 10.1 Å². The van der Waals surface area contributed by atoms with Crippen molar-refractivity contribution in [1.82, 2.24) is 0 Å². The molecule has 0 aromatic heterocycles. The number of nitro benzene ring substituents is 1. The Labute approximate surface area is 152 Å². The molecule has 0 amide bonds. The molecular formula is C17H13BrN2O4S. The molecule has 0 unspecified atom stereocenters. The lowest BCUT2D eigenvalue weighted by atomic mass is 10.1. The van der Waals surface area contributed by atoms with E-state index in [9.17, 15) is 18.5 Å². The largest absolute Gasteiger partial charge is 0.392 e. The minimum atomic E-state index is -4.14. The van der Waals surface area contributed by atoms with Crippen molar-refractivity contribution in [3.8, 4) is 0 Å². The lowest BCUT2D eigenvalue weighted by molar-refractivity contribution is -0.386. The first kappa shape index (κ1) is 17.4. The van der Waals surface area contributed by atoms with Gasteiger partial charge in [0.2, 0.25) is 9.84 Å². The van der Waals surface area contributed by atoms with Gasteiger partial charge >= 0.3 is 5.69 Å². The number of anilines is 1. The monoisotopic (exact) mass is 420 g/mol. The number of aryl methyl sites for hydroxylation is 1. The highest BCUT2D eigenvalue weighted by molar-refractivity contribution is 9.10. The van der Waals surface area contributed by atoms with Gasteiger partial charge in [0.05, 0.1) is 14.3 Å². The van der Waals surface area contributed by atoms with Crippen LogP contribution in [-0.2, 0) is 9.84 Å². The van der Waals surface area contributed by atoms with E-state index in [2.05, 4.69) is 15.9 Å². The third-order valence-corrected chi connectivity index (χ3v) is 6.60. The van der Waals surface area contributed by atoms with E-state index in [1.54, 1.807) is 30.3 Å². The molecule has 0 bridgehead atoms. The maximum Gasteiger partial charge on any atom is 0.312 e. The first-order chi connectivity index (χ1) is 11.7. The van der Waals surface area contributed by atoms with Crippen molar-refractivity contribution in [2.45, 2.75) is 16.7 Å². The number of nitrogen functional groups attached to an aromatic ring is 1. The Morgan fingerprint density at radius 3 is 2.16 bits per heavy atom. The zero-order chi connectivity index (χ0) is 18.4. The van der Waals surface area contributed by atoms with E-state index in [0.717, 1.165) is 5.56 Å². The van der Waals surface area contributed by atoms with Gasteiger partial charge in [-0.1, -0.05) is 42.0 Å². The molecule has 8 heteroatoms. The van der Waals surface area contributed by atoms with E-state index in [-0.39, 0.29) is 16.0 Å². The molecule has 3 aromatic rings. The summed E-state index contributed by atoms with van der Waals surface area (Å²) in [4.78, 5) is 10.4. The number of hydrogen-bond acceptors (Lipinski definition) is 5. The smallest absolute Gasteiger partial charge is 0.312 e. The first-order valence-electron chi connectivity index (χ1n) is 7.21.